The third-order valence-corrected chi connectivity index (χ3v) is 3.29. The van der Waals surface area contributed by atoms with E-state index < -0.39 is 4.92 Å². The van der Waals surface area contributed by atoms with Crippen molar-refractivity contribution in [2.24, 2.45) is 0 Å². The molecule has 2 rings (SSSR count). The Bertz CT molecular complexity index is 647. The van der Waals surface area contributed by atoms with Crippen LogP contribution in [-0.2, 0) is 0 Å². The smallest absolute Gasteiger partial charge is 0.307 e. The third kappa shape index (κ3) is 7.32. The van der Waals surface area contributed by atoms with E-state index in [2.05, 4.69) is 41.8 Å². The number of aromatic nitrogens is 2. The Morgan fingerprint density at radius 3 is 1.95 bits per heavy atom. The quantitative estimate of drug-likeness (QED) is 0.364. The minimum atomic E-state index is -0.583. The van der Waals surface area contributed by atoms with Crippen LogP contribution in [0.3, 0.4) is 0 Å². The summed E-state index contributed by atoms with van der Waals surface area (Å²) in [7, 11) is 1.00. The fourth-order valence-corrected chi connectivity index (χ4v) is 1.92. The van der Waals surface area contributed by atoms with Crippen LogP contribution in [0.2, 0.25) is 10.3 Å². The first-order chi connectivity index (χ1) is 10.3. The van der Waals surface area contributed by atoms with Crippen LogP contribution in [0.4, 0.5) is 11.4 Å². The molecule has 0 saturated carbocycles. The first kappa shape index (κ1) is 21.0. The molecule has 11 heteroatoms. The number of nitrogens with two attached hydrogens (primary N) is 1. The molecule has 0 aliphatic rings. The van der Waals surface area contributed by atoms with Crippen LogP contribution >= 0.6 is 55.1 Å². The number of rotatable bonds is 1. The van der Waals surface area contributed by atoms with Crippen LogP contribution in [0.25, 0.3) is 0 Å². The molecule has 22 heavy (non-hydrogen) atoms. The van der Waals surface area contributed by atoms with Crippen LogP contribution < -0.4 is 5.73 Å². The Kier molecular flexibility index (Phi) is 10.2. The monoisotopic (exact) mass is 474 g/mol. The number of nitro groups is 1. The number of nitrogens with zero attached hydrogens (tertiary/aromatic N) is 3. The van der Waals surface area contributed by atoms with Crippen molar-refractivity contribution in [1.29, 1.82) is 0 Å². The number of aliphatic hydroxyl groups excluding tert-OH is 1. The summed E-state index contributed by atoms with van der Waals surface area (Å²) in [6.07, 6.45) is 2.99. The number of hydrogen-bond acceptors (Lipinski definition) is 6. The predicted octanol–water partition coefficient (Wildman–Crippen LogP) is 4.09. The second-order valence-electron chi connectivity index (χ2n) is 3.25. The van der Waals surface area contributed by atoms with Gasteiger partial charge in [0.2, 0.25) is 5.15 Å². The molecule has 2 aromatic heterocycles. The predicted molar refractivity (Wildman–Crippen MR) is 93.1 cm³/mol. The fraction of sp³-hybridized carbons (Fsp3) is 0.0909. The maximum absolute atomic E-state index is 10.2. The summed E-state index contributed by atoms with van der Waals surface area (Å²) in [5.74, 6) is 0. The SMILES string of the molecule is CO.Nc1cc(Br)cnc1Cl.O=[N+]([O-])c1cc(Br)cnc1Cl. The lowest BCUT2D eigenvalue weighted by atomic mass is 10.4. The van der Waals surface area contributed by atoms with Crippen LogP contribution in [-0.4, -0.2) is 27.1 Å². The summed E-state index contributed by atoms with van der Waals surface area (Å²) in [5, 5.41) is 17.5. The molecule has 0 fully saturated rings. The Balaban J connectivity index is 0.000000366. The molecule has 0 aliphatic carbocycles. The van der Waals surface area contributed by atoms with Crippen LogP contribution in [0.1, 0.15) is 0 Å². The summed E-state index contributed by atoms with van der Waals surface area (Å²) in [5.41, 5.74) is 5.69. The van der Waals surface area contributed by atoms with Gasteiger partial charge in [0.1, 0.15) is 0 Å². The van der Waals surface area contributed by atoms with E-state index in [4.69, 9.17) is 34.0 Å². The normalized spacial score (nSPS) is 9.00. The third-order valence-electron chi connectivity index (χ3n) is 1.82. The molecule has 0 amide bonds. The summed E-state index contributed by atoms with van der Waals surface area (Å²) >= 11 is 17.2. The van der Waals surface area contributed by atoms with E-state index in [0.717, 1.165) is 11.6 Å². The number of hydrogen-bond donors (Lipinski definition) is 2. The molecule has 0 saturated heterocycles. The molecule has 120 valence electrons. The number of nitrogen functional groups attached to an aromatic ring is 1. The van der Waals surface area contributed by atoms with Crippen molar-refractivity contribution in [3.8, 4) is 0 Å². The molecule has 0 radical (unpaired) electrons. The van der Waals surface area contributed by atoms with Gasteiger partial charge in [-0.3, -0.25) is 10.1 Å². The van der Waals surface area contributed by atoms with E-state index in [-0.39, 0.29) is 10.8 Å². The van der Waals surface area contributed by atoms with Gasteiger partial charge in [-0.1, -0.05) is 23.2 Å². The van der Waals surface area contributed by atoms with Gasteiger partial charge in [-0.05, 0) is 37.9 Å². The Morgan fingerprint density at radius 2 is 1.59 bits per heavy atom. The highest BCUT2D eigenvalue weighted by Gasteiger charge is 2.12. The Hall–Kier alpha value is -1.00. The molecule has 0 unspecified atom stereocenters. The largest absolute Gasteiger partial charge is 0.400 e. The van der Waals surface area contributed by atoms with Crippen molar-refractivity contribution in [1.82, 2.24) is 9.97 Å². The van der Waals surface area contributed by atoms with Gasteiger partial charge < -0.3 is 10.8 Å². The number of aliphatic hydroxyl groups is 1. The van der Waals surface area contributed by atoms with Gasteiger partial charge in [-0.2, -0.15) is 0 Å². The van der Waals surface area contributed by atoms with E-state index in [1.807, 2.05) is 0 Å². The maximum Gasteiger partial charge on any atom is 0.307 e. The molecule has 7 nitrogen and oxygen atoms in total. The Morgan fingerprint density at radius 1 is 1.14 bits per heavy atom. The molecule has 3 N–H and O–H groups in total. The van der Waals surface area contributed by atoms with Crippen molar-refractivity contribution < 1.29 is 10.0 Å². The van der Waals surface area contributed by atoms with Crippen LogP contribution in [0.5, 0.6) is 0 Å². The lowest BCUT2D eigenvalue weighted by molar-refractivity contribution is -0.385. The molecular formula is C11H10Br2Cl2N4O3. The van der Waals surface area contributed by atoms with E-state index in [1.165, 1.54) is 12.3 Å². The first-order valence-electron chi connectivity index (χ1n) is 5.28. The maximum atomic E-state index is 10.2. The van der Waals surface area contributed by atoms with Gasteiger partial charge >= 0.3 is 5.69 Å². The second kappa shape index (κ2) is 10.7. The molecule has 0 atom stereocenters. The number of anilines is 1. The summed E-state index contributed by atoms with van der Waals surface area (Å²) in [6.45, 7) is 0. The van der Waals surface area contributed by atoms with Gasteiger partial charge in [0.25, 0.3) is 0 Å². The minimum absolute atomic E-state index is 0.0989. The molecule has 0 aromatic carbocycles. The lowest BCUT2D eigenvalue weighted by Gasteiger charge is -1.94. The summed E-state index contributed by atoms with van der Waals surface area (Å²) in [6, 6.07) is 3.00. The van der Waals surface area contributed by atoms with Crippen molar-refractivity contribution in [2.45, 2.75) is 0 Å². The number of halogens is 4. The summed E-state index contributed by atoms with van der Waals surface area (Å²) < 4.78 is 1.37. The van der Waals surface area contributed by atoms with Gasteiger partial charge in [0.15, 0.2) is 5.15 Å². The van der Waals surface area contributed by atoms with Gasteiger partial charge in [-0.15, -0.1) is 0 Å². The van der Waals surface area contributed by atoms with Gasteiger partial charge in [0.05, 0.1) is 10.6 Å². The van der Waals surface area contributed by atoms with Crippen molar-refractivity contribution >= 4 is 66.4 Å². The molecule has 0 bridgehead atoms. The van der Waals surface area contributed by atoms with E-state index in [9.17, 15) is 10.1 Å². The van der Waals surface area contributed by atoms with Gasteiger partial charge in [-0.25, -0.2) is 9.97 Å². The standard InChI is InChI=1S/C5H2BrClN2O2.C5H4BrClN2.CH4O/c6-3-1-4(9(10)11)5(7)8-2-3;6-3-1-4(8)5(7)9-2-3;1-2/h1-2H;1-2H,8H2;2H,1H3. The zero-order valence-corrected chi connectivity index (χ0v) is 15.7. The minimum Gasteiger partial charge on any atom is -0.400 e. The highest BCUT2D eigenvalue weighted by atomic mass is 79.9. The average molecular weight is 477 g/mol. The molecule has 2 aromatic rings. The molecular weight excluding hydrogens is 467 g/mol. The van der Waals surface area contributed by atoms with Crippen LogP contribution in [0, 0.1) is 10.1 Å². The Labute approximate surface area is 152 Å². The number of pyridine rings is 2. The topological polar surface area (TPSA) is 115 Å². The van der Waals surface area contributed by atoms with Crippen LogP contribution in [0.15, 0.2) is 33.5 Å². The highest BCUT2D eigenvalue weighted by Crippen LogP contribution is 2.24. The van der Waals surface area contributed by atoms with E-state index in [0.29, 0.717) is 15.3 Å². The van der Waals surface area contributed by atoms with Crippen molar-refractivity contribution in [3.05, 3.63) is 53.9 Å². The molecule has 0 spiro atoms. The summed E-state index contributed by atoms with van der Waals surface area (Å²) in [4.78, 5) is 17.0. The zero-order chi connectivity index (χ0) is 17.3. The lowest BCUT2D eigenvalue weighted by Crippen LogP contribution is -1.90. The average Bonchev–Trinajstić information content (AvgIpc) is 2.48. The first-order valence-corrected chi connectivity index (χ1v) is 7.62. The van der Waals surface area contributed by atoms with E-state index >= 15 is 0 Å². The van der Waals surface area contributed by atoms with Crippen molar-refractivity contribution in [2.75, 3.05) is 12.8 Å². The zero-order valence-electron chi connectivity index (χ0n) is 11.0. The van der Waals surface area contributed by atoms with Gasteiger partial charge in [0, 0.05) is 34.5 Å². The van der Waals surface area contributed by atoms with E-state index in [1.54, 1.807) is 12.3 Å². The molecule has 2 heterocycles. The second-order valence-corrected chi connectivity index (χ2v) is 5.80. The highest BCUT2D eigenvalue weighted by molar-refractivity contribution is 9.10. The fourth-order valence-electron chi connectivity index (χ4n) is 0.978. The van der Waals surface area contributed by atoms with Crippen molar-refractivity contribution in [3.63, 3.8) is 0 Å². The molecule has 0 aliphatic heterocycles.